The van der Waals surface area contributed by atoms with Crippen molar-refractivity contribution in [2.45, 2.75) is 25.9 Å². The molecular formula is C12H19N3O4. The normalized spacial score (nSPS) is 12.5. The van der Waals surface area contributed by atoms with Crippen molar-refractivity contribution < 1.29 is 19.4 Å². The average Bonchev–Trinajstić information content (AvgIpc) is 2.71. The number of hydrogen-bond donors (Lipinski definition) is 2. The summed E-state index contributed by atoms with van der Waals surface area (Å²) in [7, 11) is 3.05. The Bertz CT molecular complexity index is 468. The number of rotatable bonds is 6. The molecule has 7 nitrogen and oxygen atoms in total. The number of aliphatic carboxylic acids is 1. The lowest BCUT2D eigenvalue weighted by molar-refractivity contribution is -0.148. The second-order valence-corrected chi connectivity index (χ2v) is 4.51. The zero-order valence-corrected chi connectivity index (χ0v) is 11.5. The summed E-state index contributed by atoms with van der Waals surface area (Å²) in [6.07, 6.45) is -1.06. The Morgan fingerprint density at radius 1 is 1.53 bits per heavy atom. The first kappa shape index (κ1) is 15.2. The van der Waals surface area contributed by atoms with Gasteiger partial charge in [0.2, 0.25) is 0 Å². The zero-order valence-electron chi connectivity index (χ0n) is 11.5. The Morgan fingerprint density at radius 3 is 2.58 bits per heavy atom. The van der Waals surface area contributed by atoms with Crippen LogP contribution in [0.15, 0.2) is 6.07 Å². The van der Waals surface area contributed by atoms with E-state index in [4.69, 9.17) is 9.84 Å². The van der Waals surface area contributed by atoms with Gasteiger partial charge in [-0.2, -0.15) is 5.10 Å². The van der Waals surface area contributed by atoms with E-state index in [0.29, 0.717) is 0 Å². The number of nitrogens with zero attached hydrogens (tertiary/aromatic N) is 2. The fourth-order valence-corrected chi connectivity index (χ4v) is 1.68. The van der Waals surface area contributed by atoms with Gasteiger partial charge in [-0.05, 0) is 12.0 Å². The number of carboxylic acid groups (broad SMARTS) is 1. The number of amides is 1. The molecule has 1 atom stereocenters. The number of nitrogens with one attached hydrogen (secondary N) is 1. The molecule has 1 aromatic rings. The van der Waals surface area contributed by atoms with E-state index in [0.717, 1.165) is 5.69 Å². The summed E-state index contributed by atoms with van der Waals surface area (Å²) < 4.78 is 6.37. The first-order valence-corrected chi connectivity index (χ1v) is 5.94. The van der Waals surface area contributed by atoms with E-state index in [2.05, 4.69) is 10.4 Å². The smallest absolute Gasteiger partial charge is 0.334 e. The monoisotopic (exact) mass is 269 g/mol. The standard InChI is InChI=1S/C12H19N3O4/c1-7(2)9-5-8(14-15(9)3)11(16)13-6-10(19-4)12(17)18/h5,7,10H,6H2,1-4H3,(H,13,16)(H,17,18). The van der Waals surface area contributed by atoms with Crippen LogP contribution in [0.3, 0.4) is 0 Å². The molecule has 0 aliphatic carbocycles. The number of carbonyl (C=O) groups is 2. The second kappa shape index (κ2) is 6.33. The van der Waals surface area contributed by atoms with Gasteiger partial charge in [0.25, 0.3) is 5.91 Å². The highest BCUT2D eigenvalue weighted by atomic mass is 16.5. The van der Waals surface area contributed by atoms with Gasteiger partial charge < -0.3 is 15.2 Å². The Hall–Kier alpha value is -1.89. The molecular weight excluding hydrogens is 250 g/mol. The molecule has 1 heterocycles. The maximum absolute atomic E-state index is 11.8. The topological polar surface area (TPSA) is 93.5 Å². The quantitative estimate of drug-likeness (QED) is 0.778. The molecule has 0 spiro atoms. The maximum Gasteiger partial charge on any atom is 0.334 e. The van der Waals surface area contributed by atoms with Crippen LogP contribution in [0.2, 0.25) is 0 Å². The van der Waals surface area contributed by atoms with E-state index in [1.807, 2.05) is 13.8 Å². The fourth-order valence-electron chi connectivity index (χ4n) is 1.68. The predicted octanol–water partition coefficient (Wildman–Crippen LogP) is 0.373. The van der Waals surface area contributed by atoms with E-state index >= 15 is 0 Å². The van der Waals surface area contributed by atoms with E-state index in [-0.39, 0.29) is 18.2 Å². The number of ether oxygens (including phenoxy) is 1. The Kier molecular flexibility index (Phi) is 5.05. The van der Waals surface area contributed by atoms with Crippen LogP contribution >= 0.6 is 0 Å². The van der Waals surface area contributed by atoms with Crippen molar-refractivity contribution in [2.24, 2.45) is 7.05 Å². The molecule has 7 heteroatoms. The van der Waals surface area contributed by atoms with E-state index in [1.54, 1.807) is 17.8 Å². The van der Waals surface area contributed by atoms with Crippen LogP contribution < -0.4 is 5.32 Å². The molecule has 0 bridgehead atoms. The van der Waals surface area contributed by atoms with Crippen molar-refractivity contribution in [1.82, 2.24) is 15.1 Å². The van der Waals surface area contributed by atoms with Crippen molar-refractivity contribution in [3.8, 4) is 0 Å². The summed E-state index contributed by atoms with van der Waals surface area (Å²) >= 11 is 0. The maximum atomic E-state index is 11.8. The van der Waals surface area contributed by atoms with E-state index in [9.17, 15) is 9.59 Å². The van der Waals surface area contributed by atoms with Gasteiger partial charge in [-0.3, -0.25) is 9.48 Å². The molecule has 1 unspecified atom stereocenters. The van der Waals surface area contributed by atoms with Gasteiger partial charge in [-0.25, -0.2) is 4.79 Å². The zero-order chi connectivity index (χ0) is 14.6. The molecule has 0 radical (unpaired) electrons. The lowest BCUT2D eigenvalue weighted by Crippen LogP contribution is -2.38. The summed E-state index contributed by atoms with van der Waals surface area (Å²) in [5.74, 6) is -1.28. The van der Waals surface area contributed by atoms with Gasteiger partial charge in [0.1, 0.15) is 5.69 Å². The third-order valence-electron chi connectivity index (χ3n) is 2.75. The van der Waals surface area contributed by atoms with Crippen LogP contribution in [-0.2, 0) is 16.6 Å². The minimum absolute atomic E-state index is 0.0990. The Morgan fingerprint density at radius 2 is 2.16 bits per heavy atom. The number of carbonyl (C=O) groups excluding carboxylic acids is 1. The van der Waals surface area contributed by atoms with Crippen LogP contribution in [0, 0.1) is 0 Å². The van der Waals surface area contributed by atoms with Gasteiger partial charge >= 0.3 is 5.97 Å². The van der Waals surface area contributed by atoms with Gasteiger partial charge in [0, 0.05) is 19.9 Å². The highest BCUT2D eigenvalue weighted by Crippen LogP contribution is 2.14. The predicted molar refractivity (Wildman–Crippen MR) is 68.1 cm³/mol. The third kappa shape index (κ3) is 3.78. The minimum atomic E-state index is -1.12. The SMILES string of the molecule is COC(CNC(=O)c1cc(C(C)C)n(C)n1)C(=O)O. The summed E-state index contributed by atoms with van der Waals surface area (Å²) in [4.78, 5) is 22.6. The van der Waals surface area contributed by atoms with Crippen LogP contribution in [0.25, 0.3) is 0 Å². The van der Waals surface area contributed by atoms with Crippen molar-refractivity contribution in [1.29, 1.82) is 0 Å². The van der Waals surface area contributed by atoms with Crippen molar-refractivity contribution >= 4 is 11.9 Å². The van der Waals surface area contributed by atoms with Gasteiger partial charge in [0.15, 0.2) is 6.10 Å². The number of aryl methyl sites for hydroxylation is 1. The average molecular weight is 269 g/mol. The van der Waals surface area contributed by atoms with Crippen LogP contribution in [0.4, 0.5) is 0 Å². The fraction of sp³-hybridized carbons (Fsp3) is 0.583. The lowest BCUT2D eigenvalue weighted by Gasteiger charge is -2.10. The number of carboxylic acids is 1. The third-order valence-corrected chi connectivity index (χ3v) is 2.75. The molecule has 0 fully saturated rings. The van der Waals surface area contributed by atoms with Gasteiger partial charge in [0.05, 0.1) is 6.54 Å². The Labute approximate surface area is 111 Å². The number of methoxy groups -OCH3 is 1. The van der Waals surface area contributed by atoms with E-state index < -0.39 is 18.0 Å². The summed E-state index contributed by atoms with van der Waals surface area (Å²) in [6, 6.07) is 1.70. The first-order chi connectivity index (χ1) is 8.86. The van der Waals surface area contributed by atoms with Crippen LogP contribution in [0.1, 0.15) is 35.9 Å². The number of aromatic nitrogens is 2. The van der Waals surface area contributed by atoms with Crippen molar-refractivity contribution in [3.05, 3.63) is 17.5 Å². The molecule has 1 amide bonds. The summed E-state index contributed by atoms with van der Waals surface area (Å²) in [5.41, 5.74) is 1.21. The number of hydrogen-bond acceptors (Lipinski definition) is 4. The van der Waals surface area contributed by atoms with Crippen LogP contribution in [-0.4, -0.2) is 46.5 Å². The molecule has 0 aliphatic rings. The van der Waals surface area contributed by atoms with Crippen LogP contribution in [0.5, 0.6) is 0 Å². The molecule has 19 heavy (non-hydrogen) atoms. The molecule has 1 aromatic heterocycles. The molecule has 0 saturated heterocycles. The molecule has 106 valence electrons. The largest absolute Gasteiger partial charge is 0.479 e. The first-order valence-electron chi connectivity index (χ1n) is 5.94. The molecule has 0 saturated carbocycles. The lowest BCUT2D eigenvalue weighted by atomic mass is 10.1. The molecule has 2 N–H and O–H groups in total. The molecule has 0 aromatic carbocycles. The molecule has 1 rings (SSSR count). The summed E-state index contributed by atoms with van der Waals surface area (Å²) in [6.45, 7) is 3.91. The second-order valence-electron chi connectivity index (χ2n) is 4.51. The minimum Gasteiger partial charge on any atom is -0.479 e. The van der Waals surface area contributed by atoms with Gasteiger partial charge in [-0.1, -0.05) is 13.8 Å². The highest BCUT2D eigenvalue weighted by Gasteiger charge is 2.19. The van der Waals surface area contributed by atoms with Crippen molar-refractivity contribution in [3.63, 3.8) is 0 Å². The Balaban J connectivity index is 2.68. The van der Waals surface area contributed by atoms with Crippen molar-refractivity contribution in [2.75, 3.05) is 13.7 Å². The van der Waals surface area contributed by atoms with E-state index in [1.165, 1.54) is 7.11 Å². The van der Waals surface area contributed by atoms with Gasteiger partial charge in [-0.15, -0.1) is 0 Å². The highest BCUT2D eigenvalue weighted by molar-refractivity contribution is 5.92. The summed E-state index contributed by atoms with van der Waals surface area (Å²) in [5, 5.41) is 15.4. The molecule has 0 aliphatic heterocycles.